The highest BCUT2D eigenvalue weighted by atomic mass is 32.1. The van der Waals surface area contributed by atoms with Gasteiger partial charge in [0.2, 0.25) is 5.82 Å². The number of hydrogen-bond donors (Lipinski definition) is 0. The number of nitrogens with zero attached hydrogens (tertiary/aromatic N) is 4. The number of aromatic nitrogens is 2. The SMILES string of the molecule is CCCOC(C#N)CCC(=O)Oc1nsnc1N1CCCCC1. The standard InChI is InChI=1S/C15H22N4O3S/c1-2-10-21-12(11-16)6-7-13(20)22-15-14(17-23-18-15)19-8-4-3-5-9-19/h12H,2-10H2,1H3. The Kier molecular flexibility index (Phi) is 7.23. The molecule has 0 bridgehead atoms. The molecule has 1 aliphatic rings. The van der Waals surface area contributed by atoms with E-state index in [0.717, 1.165) is 44.1 Å². The van der Waals surface area contributed by atoms with Crippen LogP contribution >= 0.6 is 11.7 Å². The van der Waals surface area contributed by atoms with E-state index in [2.05, 4.69) is 19.7 Å². The summed E-state index contributed by atoms with van der Waals surface area (Å²) in [6, 6.07) is 2.05. The molecule has 0 N–H and O–H groups in total. The number of piperidine rings is 1. The Hall–Kier alpha value is -1.72. The zero-order valence-corrected chi connectivity index (χ0v) is 14.2. The van der Waals surface area contributed by atoms with Gasteiger partial charge in [-0.2, -0.15) is 9.64 Å². The molecule has 0 spiro atoms. The lowest BCUT2D eigenvalue weighted by Gasteiger charge is -2.26. The summed E-state index contributed by atoms with van der Waals surface area (Å²) in [6.45, 7) is 4.32. The number of rotatable bonds is 8. The number of carbonyl (C=O) groups is 1. The van der Waals surface area contributed by atoms with E-state index >= 15 is 0 Å². The molecule has 2 rings (SSSR count). The highest BCUT2D eigenvalue weighted by Gasteiger charge is 2.22. The first kappa shape index (κ1) is 17.6. The van der Waals surface area contributed by atoms with Crippen molar-refractivity contribution < 1.29 is 14.3 Å². The van der Waals surface area contributed by atoms with Crippen LogP contribution in [0.5, 0.6) is 5.88 Å². The van der Waals surface area contributed by atoms with Gasteiger partial charge in [-0.15, -0.1) is 4.37 Å². The second-order valence-corrected chi connectivity index (χ2v) is 5.97. The smallest absolute Gasteiger partial charge is 0.312 e. The predicted octanol–water partition coefficient (Wildman–Crippen LogP) is 2.53. The maximum absolute atomic E-state index is 12.0. The second-order valence-electron chi connectivity index (χ2n) is 5.44. The van der Waals surface area contributed by atoms with Gasteiger partial charge in [0.15, 0.2) is 0 Å². The third-order valence-electron chi connectivity index (χ3n) is 3.59. The van der Waals surface area contributed by atoms with Gasteiger partial charge in [-0.25, -0.2) is 0 Å². The molecule has 8 heteroatoms. The fourth-order valence-corrected chi connectivity index (χ4v) is 2.90. The number of esters is 1. The van der Waals surface area contributed by atoms with Crippen molar-refractivity contribution in [2.24, 2.45) is 0 Å². The maximum atomic E-state index is 12.0. The molecule has 0 amide bonds. The molecule has 1 fully saturated rings. The molecule has 23 heavy (non-hydrogen) atoms. The van der Waals surface area contributed by atoms with E-state index < -0.39 is 12.1 Å². The van der Waals surface area contributed by atoms with Gasteiger partial charge in [-0.05, 0) is 32.1 Å². The van der Waals surface area contributed by atoms with Crippen LogP contribution < -0.4 is 9.64 Å². The topological polar surface area (TPSA) is 88.3 Å². The molecule has 1 unspecified atom stereocenters. The van der Waals surface area contributed by atoms with E-state index in [1.807, 2.05) is 6.92 Å². The zero-order chi connectivity index (χ0) is 16.5. The molecule has 1 aromatic heterocycles. The van der Waals surface area contributed by atoms with Crippen molar-refractivity contribution in [1.82, 2.24) is 8.75 Å². The third-order valence-corrected chi connectivity index (χ3v) is 4.09. The first-order valence-electron chi connectivity index (χ1n) is 8.04. The fraction of sp³-hybridized carbons (Fsp3) is 0.733. The lowest BCUT2D eigenvalue weighted by atomic mass is 10.1. The molecule has 1 aliphatic heterocycles. The summed E-state index contributed by atoms with van der Waals surface area (Å²) in [5, 5.41) is 8.98. The fourth-order valence-electron chi connectivity index (χ4n) is 2.39. The van der Waals surface area contributed by atoms with Crippen molar-refractivity contribution in [2.75, 3.05) is 24.6 Å². The van der Waals surface area contributed by atoms with Crippen LogP contribution in [-0.4, -0.2) is 40.5 Å². The molecule has 2 heterocycles. The van der Waals surface area contributed by atoms with Gasteiger partial charge >= 0.3 is 5.97 Å². The van der Waals surface area contributed by atoms with E-state index in [4.69, 9.17) is 14.7 Å². The average molecular weight is 338 g/mol. The lowest BCUT2D eigenvalue weighted by Crippen LogP contribution is -2.30. The summed E-state index contributed by atoms with van der Waals surface area (Å²) in [6.07, 6.45) is 4.17. The maximum Gasteiger partial charge on any atom is 0.312 e. The van der Waals surface area contributed by atoms with Crippen LogP contribution in [0.2, 0.25) is 0 Å². The minimum Gasteiger partial charge on any atom is -0.402 e. The van der Waals surface area contributed by atoms with Crippen molar-refractivity contribution in [3.05, 3.63) is 0 Å². The normalized spacial score (nSPS) is 15.9. The number of ether oxygens (including phenoxy) is 2. The highest BCUT2D eigenvalue weighted by Crippen LogP contribution is 2.28. The number of hydrogen-bond acceptors (Lipinski definition) is 8. The summed E-state index contributed by atoms with van der Waals surface area (Å²) in [4.78, 5) is 14.1. The molecule has 0 radical (unpaired) electrons. The van der Waals surface area contributed by atoms with Crippen LogP contribution in [0.1, 0.15) is 45.4 Å². The molecular formula is C15H22N4O3S. The van der Waals surface area contributed by atoms with Crippen molar-refractivity contribution in [2.45, 2.75) is 51.6 Å². The van der Waals surface area contributed by atoms with Gasteiger partial charge in [0, 0.05) is 26.1 Å². The summed E-state index contributed by atoms with van der Waals surface area (Å²) in [5.74, 6) is 0.531. The van der Waals surface area contributed by atoms with Crippen LogP contribution in [-0.2, 0) is 9.53 Å². The Balaban J connectivity index is 1.83. The van der Waals surface area contributed by atoms with E-state index in [-0.39, 0.29) is 12.3 Å². The van der Waals surface area contributed by atoms with Crippen molar-refractivity contribution in [3.8, 4) is 11.9 Å². The molecule has 0 saturated carbocycles. The molecule has 1 atom stereocenters. The van der Waals surface area contributed by atoms with Gasteiger partial charge in [-0.1, -0.05) is 6.92 Å². The quantitative estimate of drug-likeness (QED) is 0.673. The van der Waals surface area contributed by atoms with Gasteiger partial charge in [0.05, 0.1) is 17.8 Å². The molecule has 0 aromatic carbocycles. The van der Waals surface area contributed by atoms with Gasteiger partial charge in [0.1, 0.15) is 6.10 Å². The second kappa shape index (κ2) is 9.43. The van der Waals surface area contributed by atoms with Gasteiger partial charge in [-0.3, -0.25) is 4.79 Å². The van der Waals surface area contributed by atoms with Crippen molar-refractivity contribution in [3.63, 3.8) is 0 Å². The van der Waals surface area contributed by atoms with Gasteiger partial charge < -0.3 is 14.4 Å². The molecule has 126 valence electrons. The predicted molar refractivity (Wildman–Crippen MR) is 86.5 cm³/mol. The first-order valence-corrected chi connectivity index (χ1v) is 8.77. The molecule has 7 nitrogen and oxygen atoms in total. The van der Waals surface area contributed by atoms with E-state index in [9.17, 15) is 4.79 Å². The van der Waals surface area contributed by atoms with E-state index in [0.29, 0.717) is 18.8 Å². The van der Waals surface area contributed by atoms with Crippen LogP contribution in [0.25, 0.3) is 0 Å². The Morgan fingerprint density at radius 2 is 2.17 bits per heavy atom. The number of nitriles is 1. The van der Waals surface area contributed by atoms with Gasteiger partial charge in [0.25, 0.3) is 5.88 Å². The Bertz CT molecular complexity index is 537. The molecule has 1 saturated heterocycles. The Morgan fingerprint density at radius 3 is 2.87 bits per heavy atom. The van der Waals surface area contributed by atoms with Crippen molar-refractivity contribution >= 4 is 23.5 Å². The van der Waals surface area contributed by atoms with Crippen LogP contribution in [0.15, 0.2) is 0 Å². The molecule has 0 aliphatic carbocycles. The summed E-state index contributed by atoms with van der Waals surface area (Å²) >= 11 is 1.05. The molecule has 1 aromatic rings. The van der Waals surface area contributed by atoms with Crippen molar-refractivity contribution in [1.29, 1.82) is 5.26 Å². The molecular weight excluding hydrogens is 316 g/mol. The monoisotopic (exact) mass is 338 g/mol. The largest absolute Gasteiger partial charge is 0.402 e. The zero-order valence-electron chi connectivity index (χ0n) is 13.4. The van der Waals surface area contributed by atoms with E-state index in [1.165, 1.54) is 6.42 Å². The minimum absolute atomic E-state index is 0.124. The van der Waals surface area contributed by atoms with Crippen LogP contribution in [0, 0.1) is 11.3 Å². The minimum atomic E-state index is -0.572. The third kappa shape index (κ3) is 5.44. The first-order chi connectivity index (χ1) is 11.2. The summed E-state index contributed by atoms with van der Waals surface area (Å²) in [5.41, 5.74) is 0. The van der Waals surface area contributed by atoms with Crippen LogP contribution in [0.4, 0.5) is 5.82 Å². The Morgan fingerprint density at radius 1 is 1.39 bits per heavy atom. The summed E-state index contributed by atoms with van der Waals surface area (Å²) < 4.78 is 19.0. The van der Waals surface area contributed by atoms with Crippen LogP contribution in [0.3, 0.4) is 0 Å². The van der Waals surface area contributed by atoms with E-state index in [1.54, 1.807) is 0 Å². The summed E-state index contributed by atoms with van der Waals surface area (Å²) in [7, 11) is 0. The average Bonchev–Trinajstić information content (AvgIpc) is 3.04. The number of anilines is 1. The highest BCUT2D eigenvalue weighted by molar-refractivity contribution is 6.99. The Labute approximate surface area is 140 Å². The number of carbonyl (C=O) groups excluding carboxylic acids is 1. The lowest BCUT2D eigenvalue weighted by molar-refractivity contribution is -0.135.